The van der Waals surface area contributed by atoms with Gasteiger partial charge < -0.3 is 11.5 Å². The number of rotatable bonds is 5. The second kappa shape index (κ2) is 5.96. The predicted octanol–water partition coefficient (Wildman–Crippen LogP) is 2.36. The number of nitrogens with two attached hydrogens (primary N) is 2. The minimum atomic E-state index is 0.0806. The van der Waals surface area contributed by atoms with Crippen LogP contribution in [0.15, 0.2) is 47.2 Å². The number of hydrogen-bond donors (Lipinski definition) is 2. The second-order valence-corrected chi connectivity index (χ2v) is 5.03. The Morgan fingerprint density at radius 3 is 2.47 bits per heavy atom. The fourth-order valence-corrected chi connectivity index (χ4v) is 2.80. The molecule has 90 valence electrons. The maximum absolute atomic E-state index is 6.28. The molecule has 1 aromatic heterocycles. The monoisotopic (exact) mass is 246 g/mol. The van der Waals surface area contributed by atoms with E-state index in [1.807, 2.05) is 18.2 Å². The van der Waals surface area contributed by atoms with Crippen molar-refractivity contribution in [3.8, 4) is 0 Å². The van der Waals surface area contributed by atoms with Crippen molar-refractivity contribution < 1.29 is 0 Å². The van der Waals surface area contributed by atoms with Crippen LogP contribution >= 0.6 is 11.3 Å². The number of benzene rings is 1. The van der Waals surface area contributed by atoms with E-state index < -0.39 is 0 Å². The van der Waals surface area contributed by atoms with E-state index in [9.17, 15) is 0 Å². The van der Waals surface area contributed by atoms with E-state index in [0.29, 0.717) is 6.54 Å². The molecule has 4 N–H and O–H groups in total. The van der Waals surface area contributed by atoms with Gasteiger partial charge in [-0.15, -0.1) is 0 Å². The Balaban J connectivity index is 2.06. The summed E-state index contributed by atoms with van der Waals surface area (Å²) in [6, 6.07) is 12.5. The van der Waals surface area contributed by atoms with Gasteiger partial charge in [0.2, 0.25) is 0 Å². The number of thiophene rings is 1. The van der Waals surface area contributed by atoms with Crippen LogP contribution in [0, 0.1) is 0 Å². The third-order valence-electron chi connectivity index (χ3n) is 3.06. The highest BCUT2D eigenvalue weighted by atomic mass is 32.1. The van der Waals surface area contributed by atoms with Crippen molar-refractivity contribution in [1.82, 2.24) is 0 Å². The van der Waals surface area contributed by atoms with E-state index in [1.165, 1.54) is 11.1 Å². The summed E-state index contributed by atoms with van der Waals surface area (Å²) in [5, 5.41) is 4.22. The van der Waals surface area contributed by atoms with Gasteiger partial charge in [0.15, 0.2) is 0 Å². The van der Waals surface area contributed by atoms with Crippen molar-refractivity contribution in [2.45, 2.75) is 18.4 Å². The summed E-state index contributed by atoms with van der Waals surface area (Å²) in [5.74, 6) is 0.251. The average Bonchev–Trinajstić information content (AvgIpc) is 2.85. The van der Waals surface area contributed by atoms with Gasteiger partial charge in [-0.25, -0.2) is 0 Å². The van der Waals surface area contributed by atoms with E-state index in [2.05, 4.69) is 29.0 Å². The smallest absolute Gasteiger partial charge is 0.0161 e. The molecular weight excluding hydrogens is 228 g/mol. The van der Waals surface area contributed by atoms with E-state index >= 15 is 0 Å². The first-order valence-electron chi connectivity index (χ1n) is 5.83. The molecule has 1 aromatic carbocycles. The maximum Gasteiger partial charge on any atom is 0.0161 e. The molecule has 17 heavy (non-hydrogen) atoms. The van der Waals surface area contributed by atoms with Crippen LogP contribution in [0.2, 0.25) is 0 Å². The van der Waals surface area contributed by atoms with Crippen LogP contribution in [0.1, 0.15) is 17.0 Å². The zero-order chi connectivity index (χ0) is 12.1. The SMILES string of the molecule is NCC(c1ccsc1)C(N)Cc1ccccc1. The first-order chi connectivity index (χ1) is 8.31. The minimum absolute atomic E-state index is 0.0806. The lowest BCUT2D eigenvalue weighted by Gasteiger charge is -2.21. The van der Waals surface area contributed by atoms with Crippen LogP contribution in [-0.4, -0.2) is 12.6 Å². The Morgan fingerprint density at radius 2 is 1.88 bits per heavy atom. The molecule has 0 amide bonds. The quantitative estimate of drug-likeness (QED) is 0.851. The largest absolute Gasteiger partial charge is 0.330 e. The lowest BCUT2D eigenvalue weighted by atomic mass is 9.90. The van der Waals surface area contributed by atoms with Gasteiger partial charge in [0, 0.05) is 18.5 Å². The molecule has 0 aliphatic heterocycles. The van der Waals surface area contributed by atoms with Crippen LogP contribution in [0.25, 0.3) is 0 Å². The minimum Gasteiger partial charge on any atom is -0.330 e. The van der Waals surface area contributed by atoms with Crippen LogP contribution in [0.3, 0.4) is 0 Å². The highest BCUT2D eigenvalue weighted by Gasteiger charge is 2.18. The van der Waals surface area contributed by atoms with Gasteiger partial charge in [-0.05, 0) is 34.4 Å². The molecule has 0 saturated heterocycles. The third-order valence-corrected chi connectivity index (χ3v) is 3.76. The molecule has 2 unspecified atom stereocenters. The fourth-order valence-electron chi connectivity index (χ4n) is 2.07. The molecule has 0 spiro atoms. The molecule has 2 rings (SSSR count). The van der Waals surface area contributed by atoms with Crippen molar-refractivity contribution >= 4 is 11.3 Å². The molecule has 0 aliphatic carbocycles. The average molecular weight is 246 g/mol. The summed E-state index contributed by atoms with van der Waals surface area (Å²) in [4.78, 5) is 0. The van der Waals surface area contributed by atoms with Crippen LogP contribution in [0.4, 0.5) is 0 Å². The topological polar surface area (TPSA) is 52.0 Å². The lowest BCUT2D eigenvalue weighted by molar-refractivity contribution is 0.537. The van der Waals surface area contributed by atoms with Gasteiger partial charge in [-0.2, -0.15) is 11.3 Å². The van der Waals surface area contributed by atoms with Gasteiger partial charge in [0.1, 0.15) is 0 Å². The molecule has 0 radical (unpaired) electrons. The maximum atomic E-state index is 6.28. The summed E-state index contributed by atoms with van der Waals surface area (Å²) in [6.45, 7) is 0.602. The standard InChI is InChI=1S/C14H18N2S/c15-9-13(12-6-7-17-10-12)14(16)8-11-4-2-1-3-5-11/h1-7,10,13-14H,8-9,15-16H2. The molecule has 3 heteroatoms. The predicted molar refractivity (Wildman–Crippen MR) is 74.2 cm³/mol. The van der Waals surface area contributed by atoms with Crippen molar-refractivity contribution in [3.63, 3.8) is 0 Å². The van der Waals surface area contributed by atoms with Crippen LogP contribution in [-0.2, 0) is 6.42 Å². The molecule has 1 heterocycles. The van der Waals surface area contributed by atoms with Gasteiger partial charge in [-0.3, -0.25) is 0 Å². The van der Waals surface area contributed by atoms with Crippen molar-refractivity contribution in [2.75, 3.05) is 6.54 Å². The van der Waals surface area contributed by atoms with Gasteiger partial charge in [-0.1, -0.05) is 30.3 Å². The lowest BCUT2D eigenvalue weighted by Crippen LogP contribution is -2.34. The normalized spacial score (nSPS) is 14.5. The Bertz CT molecular complexity index is 425. The summed E-state index contributed by atoms with van der Waals surface area (Å²) in [7, 11) is 0. The summed E-state index contributed by atoms with van der Waals surface area (Å²) in [6.07, 6.45) is 0.874. The molecule has 0 fully saturated rings. The molecular formula is C14H18N2S. The van der Waals surface area contributed by atoms with Crippen molar-refractivity contribution in [2.24, 2.45) is 11.5 Å². The number of hydrogen-bond acceptors (Lipinski definition) is 3. The molecule has 0 aliphatic rings. The van der Waals surface area contributed by atoms with E-state index in [0.717, 1.165) is 6.42 Å². The summed E-state index contributed by atoms with van der Waals surface area (Å²) >= 11 is 1.70. The Hall–Kier alpha value is -1.16. The fraction of sp³-hybridized carbons (Fsp3) is 0.286. The molecule has 0 bridgehead atoms. The first kappa shape index (κ1) is 12.3. The van der Waals surface area contributed by atoms with Gasteiger partial charge >= 0.3 is 0 Å². The summed E-state index contributed by atoms with van der Waals surface area (Å²) in [5.41, 5.74) is 14.7. The van der Waals surface area contributed by atoms with Crippen LogP contribution < -0.4 is 11.5 Å². The highest BCUT2D eigenvalue weighted by Crippen LogP contribution is 2.22. The molecule has 2 atom stereocenters. The van der Waals surface area contributed by atoms with E-state index in [4.69, 9.17) is 11.5 Å². The van der Waals surface area contributed by atoms with Gasteiger partial charge in [0.05, 0.1) is 0 Å². The van der Waals surface area contributed by atoms with Crippen molar-refractivity contribution in [1.29, 1.82) is 0 Å². The Morgan fingerprint density at radius 1 is 1.12 bits per heavy atom. The Kier molecular flexibility index (Phi) is 4.31. The molecule has 2 nitrogen and oxygen atoms in total. The van der Waals surface area contributed by atoms with Crippen molar-refractivity contribution in [3.05, 3.63) is 58.3 Å². The van der Waals surface area contributed by atoms with E-state index in [1.54, 1.807) is 11.3 Å². The third kappa shape index (κ3) is 3.16. The zero-order valence-corrected chi connectivity index (χ0v) is 10.6. The second-order valence-electron chi connectivity index (χ2n) is 4.25. The zero-order valence-electron chi connectivity index (χ0n) is 9.75. The van der Waals surface area contributed by atoms with Gasteiger partial charge in [0.25, 0.3) is 0 Å². The van der Waals surface area contributed by atoms with Crippen LogP contribution in [0.5, 0.6) is 0 Å². The molecule has 2 aromatic rings. The summed E-state index contributed by atoms with van der Waals surface area (Å²) < 4.78 is 0. The molecule has 0 saturated carbocycles. The highest BCUT2D eigenvalue weighted by molar-refractivity contribution is 7.07. The first-order valence-corrected chi connectivity index (χ1v) is 6.77. The Labute approximate surface area is 106 Å². The van der Waals surface area contributed by atoms with E-state index in [-0.39, 0.29) is 12.0 Å².